The van der Waals surface area contributed by atoms with Gasteiger partial charge in [0.1, 0.15) is 17.1 Å². The van der Waals surface area contributed by atoms with E-state index in [1.54, 1.807) is 18.2 Å². The Bertz CT molecular complexity index is 427. The summed E-state index contributed by atoms with van der Waals surface area (Å²) in [6, 6.07) is 5.14. The Morgan fingerprint density at radius 3 is 2.75 bits per heavy atom. The van der Waals surface area contributed by atoms with Gasteiger partial charge in [-0.15, -0.1) is 0 Å². The zero-order valence-electron chi connectivity index (χ0n) is 7.09. The second-order valence-corrected chi connectivity index (χ2v) is 2.96. The topological polar surface area (TPSA) is 33.4 Å². The van der Waals surface area contributed by atoms with Crippen molar-refractivity contribution in [3.63, 3.8) is 0 Å². The van der Waals surface area contributed by atoms with E-state index in [9.17, 15) is 5.11 Å². The molecule has 0 saturated carbocycles. The maximum atomic E-state index is 9.22. The Balaban J connectivity index is 2.88. The highest BCUT2D eigenvalue weighted by molar-refractivity contribution is 5.83. The molecule has 0 aliphatic heterocycles. The van der Waals surface area contributed by atoms with Crippen LogP contribution in [0.15, 0.2) is 22.6 Å². The first-order chi connectivity index (χ1) is 5.68. The van der Waals surface area contributed by atoms with Crippen LogP contribution in [0.25, 0.3) is 11.0 Å². The lowest BCUT2D eigenvalue weighted by molar-refractivity contribution is 0.475. The van der Waals surface area contributed by atoms with Crippen LogP contribution in [0.2, 0.25) is 0 Å². The van der Waals surface area contributed by atoms with Crippen LogP contribution in [-0.2, 0) is 0 Å². The summed E-state index contributed by atoms with van der Waals surface area (Å²) in [4.78, 5) is 0. The third kappa shape index (κ3) is 0.881. The number of phenolic OH excluding ortho intramolecular Hbond substituents is 1. The minimum atomic E-state index is 0.284. The number of benzene rings is 1. The molecule has 0 bridgehead atoms. The molecule has 2 heteroatoms. The summed E-state index contributed by atoms with van der Waals surface area (Å²) in [6.07, 6.45) is 0. The molecule has 2 rings (SSSR count). The molecule has 0 saturated heterocycles. The summed E-state index contributed by atoms with van der Waals surface area (Å²) >= 11 is 0. The van der Waals surface area contributed by atoms with Crippen molar-refractivity contribution >= 4 is 11.0 Å². The van der Waals surface area contributed by atoms with Crippen molar-refractivity contribution in [3.8, 4) is 5.75 Å². The summed E-state index contributed by atoms with van der Waals surface area (Å²) in [6.45, 7) is 3.91. The number of hydrogen-bond donors (Lipinski definition) is 1. The first-order valence-electron chi connectivity index (χ1n) is 3.87. The van der Waals surface area contributed by atoms with Crippen LogP contribution in [0.4, 0.5) is 0 Å². The molecule has 0 aliphatic carbocycles. The number of rotatable bonds is 0. The van der Waals surface area contributed by atoms with Gasteiger partial charge in [-0.05, 0) is 37.6 Å². The van der Waals surface area contributed by atoms with Crippen LogP contribution in [0.3, 0.4) is 0 Å². The minimum absolute atomic E-state index is 0.284. The van der Waals surface area contributed by atoms with E-state index in [4.69, 9.17) is 4.42 Å². The highest BCUT2D eigenvalue weighted by Crippen LogP contribution is 2.27. The van der Waals surface area contributed by atoms with Gasteiger partial charge in [0, 0.05) is 5.39 Å². The third-order valence-corrected chi connectivity index (χ3v) is 2.16. The van der Waals surface area contributed by atoms with E-state index in [2.05, 4.69) is 0 Å². The number of hydrogen-bond acceptors (Lipinski definition) is 2. The summed E-state index contributed by atoms with van der Waals surface area (Å²) < 4.78 is 5.44. The number of phenols is 1. The average Bonchev–Trinajstić information content (AvgIpc) is 2.31. The molecule has 1 aromatic heterocycles. The number of fused-ring (bicyclic) bond motifs is 1. The number of aromatic hydroxyl groups is 1. The standard InChI is InChI=1S/C10H10O2/c1-6-7(2)12-10-4-3-8(11)5-9(6)10/h3-5,11H,1-2H3. The second kappa shape index (κ2) is 2.27. The van der Waals surface area contributed by atoms with E-state index in [1.165, 1.54) is 0 Å². The van der Waals surface area contributed by atoms with Gasteiger partial charge in [-0.1, -0.05) is 0 Å². The summed E-state index contributed by atoms with van der Waals surface area (Å²) in [7, 11) is 0. The molecule has 0 amide bonds. The highest BCUT2D eigenvalue weighted by atomic mass is 16.3. The zero-order chi connectivity index (χ0) is 8.72. The molecule has 1 aromatic carbocycles. The van der Waals surface area contributed by atoms with Crippen molar-refractivity contribution < 1.29 is 9.52 Å². The van der Waals surface area contributed by atoms with Crippen molar-refractivity contribution in [1.29, 1.82) is 0 Å². The summed E-state index contributed by atoms with van der Waals surface area (Å²) in [5.74, 6) is 1.20. The van der Waals surface area contributed by atoms with E-state index in [0.29, 0.717) is 0 Å². The number of aryl methyl sites for hydroxylation is 2. The molecule has 1 heterocycles. The smallest absolute Gasteiger partial charge is 0.134 e. The lowest BCUT2D eigenvalue weighted by Gasteiger charge is -1.90. The second-order valence-electron chi connectivity index (χ2n) is 2.96. The SMILES string of the molecule is Cc1oc2ccc(O)cc2c1C. The molecule has 1 N–H and O–H groups in total. The van der Waals surface area contributed by atoms with Crippen molar-refractivity contribution in [2.45, 2.75) is 13.8 Å². The monoisotopic (exact) mass is 162 g/mol. The van der Waals surface area contributed by atoms with Gasteiger partial charge in [0.15, 0.2) is 0 Å². The maximum Gasteiger partial charge on any atom is 0.134 e. The molecule has 2 nitrogen and oxygen atoms in total. The van der Waals surface area contributed by atoms with Gasteiger partial charge in [-0.2, -0.15) is 0 Å². The van der Waals surface area contributed by atoms with Gasteiger partial charge in [0.2, 0.25) is 0 Å². The van der Waals surface area contributed by atoms with Crippen molar-refractivity contribution in [2.75, 3.05) is 0 Å². The molecule has 12 heavy (non-hydrogen) atoms. The normalized spacial score (nSPS) is 10.8. The van der Waals surface area contributed by atoms with Crippen molar-refractivity contribution in [3.05, 3.63) is 29.5 Å². The fourth-order valence-corrected chi connectivity index (χ4v) is 1.33. The van der Waals surface area contributed by atoms with Gasteiger partial charge in [-0.25, -0.2) is 0 Å². The van der Waals surface area contributed by atoms with E-state index >= 15 is 0 Å². The zero-order valence-corrected chi connectivity index (χ0v) is 7.09. The molecule has 0 atom stereocenters. The molecular formula is C10H10O2. The Labute approximate surface area is 70.4 Å². The summed E-state index contributed by atoms with van der Waals surface area (Å²) in [5, 5.41) is 10.2. The van der Waals surface area contributed by atoms with Crippen LogP contribution in [0.1, 0.15) is 11.3 Å². The van der Waals surface area contributed by atoms with E-state index in [-0.39, 0.29) is 5.75 Å². The number of furan rings is 1. The Kier molecular flexibility index (Phi) is 1.37. The third-order valence-electron chi connectivity index (χ3n) is 2.16. The fourth-order valence-electron chi connectivity index (χ4n) is 1.33. The summed E-state index contributed by atoms with van der Waals surface area (Å²) in [5.41, 5.74) is 1.93. The Morgan fingerprint density at radius 2 is 2.00 bits per heavy atom. The molecule has 62 valence electrons. The molecule has 0 fully saturated rings. The van der Waals surface area contributed by atoms with Gasteiger partial charge in [-0.3, -0.25) is 0 Å². The van der Waals surface area contributed by atoms with Crippen LogP contribution in [0, 0.1) is 13.8 Å². The molecule has 0 radical (unpaired) electrons. The van der Waals surface area contributed by atoms with Crippen molar-refractivity contribution in [2.24, 2.45) is 0 Å². The molecular weight excluding hydrogens is 152 g/mol. The largest absolute Gasteiger partial charge is 0.508 e. The van der Waals surface area contributed by atoms with E-state index in [1.807, 2.05) is 13.8 Å². The van der Waals surface area contributed by atoms with Crippen molar-refractivity contribution in [1.82, 2.24) is 0 Å². The fraction of sp³-hybridized carbons (Fsp3) is 0.200. The Morgan fingerprint density at radius 1 is 1.25 bits per heavy atom. The Hall–Kier alpha value is -1.44. The van der Waals surface area contributed by atoms with Gasteiger partial charge < -0.3 is 9.52 Å². The lowest BCUT2D eigenvalue weighted by Crippen LogP contribution is -1.70. The van der Waals surface area contributed by atoms with Crippen LogP contribution < -0.4 is 0 Å². The molecule has 2 aromatic rings. The van der Waals surface area contributed by atoms with Gasteiger partial charge in [0.05, 0.1) is 0 Å². The highest BCUT2D eigenvalue weighted by Gasteiger charge is 2.06. The average molecular weight is 162 g/mol. The van der Waals surface area contributed by atoms with Crippen LogP contribution in [0.5, 0.6) is 5.75 Å². The van der Waals surface area contributed by atoms with E-state index in [0.717, 1.165) is 22.3 Å². The quantitative estimate of drug-likeness (QED) is 0.646. The van der Waals surface area contributed by atoms with Crippen LogP contribution in [-0.4, -0.2) is 5.11 Å². The van der Waals surface area contributed by atoms with Crippen LogP contribution >= 0.6 is 0 Å². The van der Waals surface area contributed by atoms with Gasteiger partial charge >= 0.3 is 0 Å². The predicted molar refractivity (Wildman–Crippen MR) is 47.4 cm³/mol. The molecule has 0 spiro atoms. The minimum Gasteiger partial charge on any atom is -0.508 e. The first-order valence-corrected chi connectivity index (χ1v) is 3.87. The van der Waals surface area contributed by atoms with E-state index < -0.39 is 0 Å². The predicted octanol–water partition coefficient (Wildman–Crippen LogP) is 2.76. The maximum absolute atomic E-state index is 9.22. The lowest BCUT2D eigenvalue weighted by atomic mass is 10.1. The van der Waals surface area contributed by atoms with Gasteiger partial charge in [0.25, 0.3) is 0 Å². The molecule has 0 aliphatic rings. The first kappa shape index (κ1) is 7.22. The molecule has 0 unspecified atom stereocenters.